The number of hydrazone groups is 1. The third-order valence-corrected chi connectivity index (χ3v) is 5.44. The molecule has 2 heterocycles. The third-order valence-electron chi connectivity index (χ3n) is 5.44. The minimum absolute atomic E-state index is 0.0268. The number of hydrogen-bond donors (Lipinski definition) is 2. The summed E-state index contributed by atoms with van der Waals surface area (Å²) in [7, 11) is 2.16. The summed E-state index contributed by atoms with van der Waals surface area (Å²) < 4.78 is 0. The Morgan fingerprint density at radius 1 is 1.09 bits per heavy atom. The van der Waals surface area contributed by atoms with Gasteiger partial charge < -0.3 is 9.80 Å². The fraction of sp³-hybridized carbons (Fsp3) is 0.250. The van der Waals surface area contributed by atoms with Crippen LogP contribution in [0.3, 0.4) is 0 Å². The summed E-state index contributed by atoms with van der Waals surface area (Å²) in [6.07, 6.45) is 2.82. The van der Waals surface area contributed by atoms with Crippen LogP contribution in [-0.4, -0.2) is 54.3 Å². The zero-order valence-corrected chi connectivity index (χ0v) is 18.0. The van der Waals surface area contributed by atoms with Crippen LogP contribution in [0.25, 0.3) is 11.3 Å². The topological polar surface area (TPSA) is 100 Å². The first-order chi connectivity index (χ1) is 15.6. The lowest BCUT2D eigenvalue weighted by Gasteiger charge is -2.22. The lowest BCUT2D eigenvalue weighted by atomic mass is 10.1. The lowest BCUT2D eigenvalue weighted by molar-refractivity contribution is 0.360. The molecule has 0 bridgehead atoms. The summed E-state index contributed by atoms with van der Waals surface area (Å²) in [5.74, 6) is 0.175. The number of nitrogens with zero attached hydrogens (tertiary/aromatic N) is 5. The van der Waals surface area contributed by atoms with Crippen molar-refractivity contribution in [1.82, 2.24) is 14.9 Å². The van der Waals surface area contributed by atoms with E-state index < -0.39 is 5.56 Å². The van der Waals surface area contributed by atoms with Crippen molar-refractivity contribution in [3.05, 3.63) is 76.1 Å². The zero-order chi connectivity index (χ0) is 22.3. The standard InChI is InChI=1S/C24H25N7O/c1-30-12-5-13-31(15-14-30)20-10-8-18(9-11-20)17-26-29-24-27-22(19-6-3-2-4-7-19)21(16-25)23(32)28-24/h2-4,6-11,17H,5,12-15H2,1H3,(H2,27,28,29,32). The number of nitrogens with one attached hydrogen (secondary N) is 2. The van der Waals surface area contributed by atoms with Crippen LogP contribution in [0.5, 0.6) is 0 Å². The highest BCUT2D eigenvalue weighted by Gasteiger charge is 2.13. The molecular formula is C24H25N7O. The highest BCUT2D eigenvalue weighted by Crippen LogP contribution is 2.20. The number of H-pyrrole nitrogens is 1. The Morgan fingerprint density at radius 3 is 2.62 bits per heavy atom. The molecular weight excluding hydrogens is 402 g/mol. The minimum Gasteiger partial charge on any atom is -0.370 e. The Bertz CT molecular complexity index is 1180. The van der Waals surface area contributed by atoms with Gasteiger partial charge in [0.1, 0.15) is 11.6 Å². The van der Waals surface area contributed by atoms with Gasteiger partial charge >= 0.3 is 0 Å². The fourth-order valence-electron chi connectivity index (χ4n) is 3.68. The van der Waals surface area contributed by atoms with Gasteiger partial charge in [-0.1, -0.05) is 42.5 Å². The number of aromatic nitrogens is 2. The molecule has 3 aromatic rings. The van der Waals surface area contributed by atoms with E-state index in [1.54, 1.807) is 18.3 Å². The van der Waals surface area contributed by atoms with Crippen molar-refractivity contribution in [3.8, 4) is 17.3 Å². The van der Waals surface area contributed by atoms with E-state index in [0.29, 0.717) is 11.3 Å². The molecule has 8 nitrogen and oxygen atoms in total. The Kier molecular flexibility index (Phi) is 6.58. The molecule has 2 aromatic carbocycles. The number of rotatable bonds is 5. The number of benzene rings is 2. The Labute approximate surface area is 186 Å². The number of aromatic amines is 1. The number of hydrogen-bond acceptors (Lipinski definition) is 7. The van der Waals surface area contributed by atoms with Crippen molar-refractivity contribution < 1.29 is 0 Å². The second-order valence-corrected chi connectivity index (χ2v) is 7.72. The Hall–Kier alpha value is -3.96. The fourth-order valence-corrected chi connectivity index (χ4v) is 3.68. The quantitative estimate of drug-likeness (QED) is 0.480. The van der Waals surface area contributed by atoms with Gasteiger partial charge in [0.2, 0.25) is 5.95 Å². The van der Waals surface area contributed by atoms with E-state index in [1.165, 1.54) is 5.69 Å². The summed E-state index contributed by atoms with van der Waals surface area (Å²) in [6, 6.07) is 19.3. The largest absolute Gasteiger partial charge is 0.370 e. The maximum atomic E-state index is 12.3. The second kappa shape index (κ2) is 9.90. The van der Waals surface area contributed by atoms with E-state index >= 15 is 0 Å². The van der Waals surface area contributed by atoms with Crippen molar-refractivity contribution in [2.24, 2.45) is 5.10 Å². The minimum atomic E-state index is -0.508. The van der Waals surface area contributed by atoms with Crippen LogP contribution in [-0.2, 0) is 0 Å². The molecule has 1 saturated heterocycles. The van der Waals surface area contributed by atoms with Gasteiger partial charge in [-0.3, -0.25) is 9.78 Å². The van der Waals surface area contributed by atoms with Crippen LogP contribution in [0.4, 0.5) is 11.6 Å². The van der Waals surface area contributed by atoms with Gasteiger partial charge in [-0.05, 0) is 37.7 Å². The maximum absolute atomic E-state index is 12.3. The molecule has 8 heteroatoms. The molecule has 0 saturated carbocycles. The summed E-state index contributed by atoms with van der Waals surface area (Å²) in [4.78, 5) is 24.0. The van der Waals surface area contributed by atoms with Gasteiger partial charge in [0.15, 0.2) is 0 Å². The van der Waals surface area contributed by atoms with Crippen LogP contribution in [0.1, 0.15) is 17.5 Å². The Morgan fingerprint density at radius 2 is 1.88 bits per heavy atom. The molecule has 1 aliphatic rings. The molecule has 0 unspecified atom stereocenters. The third kappa shape index (κ3) is 5.02. The second-order valence-electron chi connectivity index (χ2n) is 7.72. The highest BCUT2D eigenvalue weighted by atomic mass is 16.1. The normalized spacial score (nSPS) is 14.8. The van der Waals surface area contributed by atoms with E-state index in [2.05, 4.69) is 49.5 Å². The lowest BCUT2D eigenvalue weighted by Crippen LogP contribution is -2.28. The smallest absolute Gasteiger partial charge is 0.270 e. The van der Waals surface area contributed by atoms with Crippen molar-refractivity contribution in [2.45, 2.75) is 6.42 Å². The van der Waals surface area contributed by atoms with Gasteiger partial charge in [-0.25, -0.2) is 10.4 Å². The molecule has 1 aliphatic heterocycles. The average Bonchev–Trinajstić information content (AvgIpc) is 3.04. The molecule has 0 aliphatic carbocycles. The molecule has 0 spiro atoms. The predicted molar refractivity (Wildman–Crippen MR) is 127 cm³/mol. The number of anilines is 2. The molecule has 4 rings (SSSR count). The summed E-state index contributed by atoms with van der Waals surface area (Å²) in [5, 5.41) is 13.6. The van der Waals surface area contributed by atoms with Crippen LogP contribution < -0.4 is 15.9 Å². The van der Waals surface area contributed by atoms with Crippen LogP contribution in [0.15, 0.2) is 64.5 Å². The van der Waals surface area contributed by atoms with Gasteiger partial charge in [-0.2, -0.15) is 10.4 Å². The van der Waals surface area contributed by atoms with Gasteiger partial charge in [0.25, 0.3) is 5.56 Å². The maximum Gasteiger partial charge on any atom is 0.270 e. The molecule has 162 valence electrons. The SMILES string of the molecule is CN1CCCN(c2ccc(C=NNc3nc(-c4ccccc4)c(C#N)c(=O)[nH]3)cc2)CC1. The van der Waals surface area contributed by atoms with Crippen LogP contribution in [0, 0.1) is 11.3 Å². The van der Waals surface area contributed by atoms with E-state index in [9.17, 15) is 10.1 Å². The average molecular weight is 428 g/mol. The number of likely N-dealkylation sites (N-methyl/N-ethyl adjacent to an activating group) is 1. The first-order valence-corrected chi connectivity index (χ1v) is 10.6. The summed E-state index contributed by atoms with van der Waals surface area (Å²) in [6.45, 7) is 4.27. The first kappa shape index (κ1) is 21.3. The van der Waals surface area contributed by atoms with Crippen molar-refractivity contribution in [1.29, 1.82) is 5.26 Å². The molecule has 0 amide bonds. The first-order valence-electron chi connectivity index (χ1n) is 10.6. The number of nitriles is 1. The monoisotopic (exact) mass is 427 g/mol. The zero-order valence-electron chi connectivity index (χ0n) is 18.0. The molecule has 0 radical (unpaired) electrons. The highest BCUT2D eigenvalue weighted by molar-refractivity contribution is 5.81. The molecule has 2 N–H and O–H groups in total. The molecule has 32 heavy (non-hydrogen) atoms. The van der Waals surface area contributed by atoms with Gasteiger partial charge in [-0.15, -0.1) is 0 Å². The van der Waals surface area contributed by atoms with E-state index in [1.807, 2.05) is 36.4 Å². The Balaban J connectivity index is 1.47. The van der Waals surface area contributed by atoms with Crippen LogP contribution in [0.2, 0.25) is 0 Å². The molecule has 0 atom stereocenters. The predicted octanol–water partition coefficient (Wildman–Crippen LogP) is 2.90. The molecule has 1 aromatic heterocycles. The van der Waals surface area contributed by atoms with Gasteiger partial charge in [0.05, 0.1) is 11.9 Å². The van der Waals surface area contributed by atoms with Gasteiger partial charge in [0, 0.05) is 30.9 Å². The summed E-state index contributed by atoms with van der Waals surface area (Å²) in [5.41, 5.74) is 5.37. The van der Waals surface area contributed by atoms with E-state index in [4.69, 9.17) is 0 Å². The summed E-state index contributed by atoms with van der Waals surface area (Å²) >= 11 is 0. The van der Waals surface area contributed by atoms with Crippen molar-refractivity contribution >= 4 is 17.9 Å². The van der Waals surface area contributed by atoms with Crippen LogP contribution >= 0.6 is 0 Å². The molecule has 1 fully saturated rings. The van der Waals surface area contributed by atoms with E-state index in [-0.39, 0.29) is 11.5 Å². The van der Waals surface area contributed by atoms with Crippen molar-refractivity contribution in [3.63, 3.8) is 0 Å². The van der Waals surface area contributed by atoms with Crippen molar-refractivity contribution in [2.75, 3.05) is 43.6 Å². The van der Waals surface area contributed by atoms with E-state index in [0.717, 1.165) is 38.2 Å².